The monoisotopic (exact) mass is 404 g/mol. The molecule has 1 unspecified atom stereocenters. The Balaban J connectivity index is 1.48. The Morgan fingerprint density at radius 3 is 2.14 bits per heavy atom. The molecule has 1 aliphatic heterocycles. The zero-order valence-electron chi connectivity index (χ0n) is 16.2. The summed E-state index contributed by atoms with van der Waals surface area (Å²) in [6.07, 6.45) is 0. The summed E-state index contributed by atoms with van der Waals surface area (Å²) in [5.74, 6) is -0.0239. The first kappa shape index (κ1) is 19.6. The normalized spacial score (nSPS) is 15.0. The first-order valence-corrected chi connectivity index (χ1v) is 10.7. The van der Waals surface area contributed by atoms with Crippen molar-refractivity contribution in [3.05, 3.63) is 90.5 Å². The molecule has 4 nitrogen and oxygen atoms in total. The number of nitrogens with zero attached hydrogens (tertiary/aromatic N) is 1. The highest BCUT2D eigenvalue weighted by molar-refractivity contribution is 8.00. The third-order valence-electron chi connectivity index (χ3n) is 4.85. The molecule has 0 saturated carbocycles. The quantitative estimate of drug-likeness (QED) is 0.588. The molecule has 29 heavy (non-hydrogen) atoms. The minimum absolute atomic E-state index is 0.0239. The summed E-state index contributed by atoms with van der Waals surface area (Å²) in [5.41, 5.74) is 2.95. The molecule has 0 bridgehead atoms. The molecule has 1 fully saturated rings. The molecule has 3 aromatic rings. The van der Waals surface area contributed by atoms with E-state index in [4.69, 9.17) is 4.74 Å². The fourth-order valence-electron chi connectivity index (χ4n) is 3.32. The lowest BCUT2D eigenvalue weighted by Gasteiger charge is -2.29. The van der Waals surface area contributed by atoms with Crippen molar-refractivity contribution < 1.29 is 9.53 Å². The van der Waals surface area contributed by atoms with Crippen LogP contribution in [0.2, 0.25) is 0 Å². The fourth-order valence-corrected chi connectivity index (χ4v) is 4.37. The van der Waals surface area contributed by atoms with Crippen molar-refractivity contribution in [3.8, 4) is 0 Å². The molecule has 0 radical (unpaired) electrons. The molecule has 4 rings (SSSR count). The van der Waals surface area contributed by atoms with Gasteiger partial charge in [-0.15, -0.1) is 11.8 Å². The van der Waals surface area contributed by atoms with Crippen molar-refractivity contribution in [2.75, 3.05) is 36.5 Å². The van der Waals surface area contributed by atoms with E-state index in [1.165, 1.54) is 0 Å². The second-order valence-electron chi connectivity index (χ2n) is 6.86. The van der Waals surface area contributed by atoms with Crippen molar-refractivity contribution in [1.29, 1.82) is 0 Å². The zero-order valence-corrected chi connectivity index (χ0v) is 17.0. The maximum atomic E-state index is 13.1. The van der Waals surface area contributed by atoms with Crippen LogP contribution in [0.15, 0.2) is 89.8 Å². The van der Waals surface area contributed by atoms with Gasteiger partial charge in [0, 0.05) is 29.4 Å². The summed E-state index contributed by atoms with van der Waals surface area (Å²) < 4.78 is 5.41. The molecule has 1 aliphatic rings. The van der Waals surface area contributed by atoms with Gasteiger partial charge in [0.15, 0.2) is 0 Å². The highest BCUT2D eigenvalue weighted by Gasteiger charge is 2.22. The molecule has 5 heteroatoms. The lowest BCUT2D eigenvalue weighted by molar-refractivity contribution is -0.115. The number of ether oxygens (including phenoxy) is 1. The predicted molar refractivity (Wildman–Crippen MR) is 120 cm³/mol. The molecule has 1 atom stereocenters. The average molecular weight is 405 g/mol. The van der Waals surface area contributed by atoms with Crippen LogP contribution in [0.3, 0.4) is 0 Å². The maximum absolute atomic E-state index is 13.1. The lowest BCUT2D eigenvalue weighted by Crippen LogP contribution is -2.36. The first-order chi connectivity index (χ1) is 14.3. The largest absolute Gasteiger partial charge is 0.378 e. The lowest BCUT2D eigenvalue weighted by atomic mass is 10.1. The van der Waals surface area contributed by atoms with Crippen LogP contribution >= 0.6 is 11.8 Å². The van der Waals surface area contributed by atoms with Crippen LogP contribution in [0.1, 0.15) is 10.8 Å². The van der Waals surface area contributed by atoms with Crippen molar-refractivity contribution in [2.24, 2.45) is 0 Å². The van der Waals surface area contributed by atoms with Crippen molar-refractivity contribution in [1.82, 2.24) is 0 Å². The zero-order chi connectivity index (χ0) is 19.9. The number of rotatable bonds is 6. The van der Waals surface area contributed by atoms with E-state index in [1.54, 1.807) is 11.8 Å². The number of benzene rings is 3. The molecule has 0 aliphatic carbocycles. The van der Waals surface area contributed by atoms with E-state index in [0.29, 0.717) is 0 Å². The SMILES string of the molecule is O=C(Nc1ccc(N2CCOCC2)cc1)C(Sc1ccccc1)c1ccccc1. The number of nitrogens with one attached hydrogen (secondary N) is 1. The average Bonchev–Trinajstić information content (AvgIpc) is 2.80. The fraction of sp³-hybridized carbons (Fsp3) is 0.208. The third-order valence-corrected chi connectivity index (χ3v) is 6.11. The molecule has 0 spiro atoms. The van der Waals surface area contributed by atoms with Crippen LogP contribution in [0.25, 0.3) is 0 Å². The van der Waals surface area contributed by atoms with Gasteiger partial charge in [-0.1, -0.05) is 48.5 Å². The van der Waals surface area contributed by atoms with E-state index in [9.17, 15) is 4.79 Å². The van der Waals surface area contributed by atoms with Gasteiger partial charge in [-0.25, -0.2) is 0 Å². The van der Waals surface area contributed by atoms with Gasteiger partial charge in [-0.3, -0.25) is 4.79 Å². The van der Waals surface area contributed by atoms with Crippen LogP contribution < -0.4 is 10.2 Å². The van der Waals surface area contributed by atoms with Crippen LogP contribution in [0.4, 0.5) is 11.4 Å². The molecule has 148 valence electrons. The van der Waals surface area contributed by atoms with E-state index >= 15 is 0 Å². The third kappa shape index (κ3) is 5.19. The Hall–Kier alpha value is -2.76. The highest BCUT2D eigenvalue weighted by Crippen LogP contribution is 2.36. The molecular weight excluding hydrogens is 380 g/mol. The van der Waals surface area contributed by atoms with Gasteiger partial charge < -0.3 is 15.0 Å². The highest BCUT2D eigenvalue weighted by atomic mass is 32.2. The van der Waals surface area contributed by atoms with Gasteiger partial charge in [0.2, 0.25) is 5.91 Å². The summed E-state index contributed by atoms with van der Waals surface area (Å²) in [7, 11) is 0. The molecular formula is C24H24N2O2S. The van der Waals surface area contributed by atoms with Gasteiger partial charge >= 0.3 is 0 Å². The van der Waals surface area contributed by atoms with E-state index in [0.717, 1.165) is 48.1 Å². The summed E-state index contributed by atoms with van der Waals surface area (Å²) in [4.78, 5) is 16.5. The second-order valence-corrected chi connectivity index (χ2v) is 8.04. The topological polar surface area (TPSA) is 41.6 Å². The van der Waals surface area contributed by atoms with Crippen LogP contribution in [-0.4, -0.2) is 32.2 Å². The Morgan fingerprint density at radius 2 is 1.48 bits per heavy atom. The van der Waals surface area contributed by atoms with Crippen LogP contribution in [0.5, 0.6) is 0 Å². The predicted octanol–water partition coefficient (Wildman–Crippen LogP) is 5.00. The van der Waals surface area contributed by atoms with Gasteiger partial charge in [0.05, 0.1) is 13.2 Å². The number of morpholine rings is 1. The molecule has 1 N–H and O–H groups in total. The molecule has 1 saturated heterocycles. The van der Waals surface area contributed by atoms with E-state index < -0.39 is 0 Å². The standard InChI is InChI=1S/C24H24N2O2S/c27-24(25-20-11-13-21(14-12-20)26-15-17-28-18-16-26)23(19-7-3-1-4-8-19)29-22-9-5-2-6-10-22/h1-14,23H,15-18H2,(H,25,27). The van der Waals surface area contributed by atoms with E-state index in [-0.39, 0.29) is 11.2 Å². The molecule has 1 amide bonds. The summed E-state index contributed by atoms with van der Waals surface area (Å²) in [6, 6.07) is 28.0. The van der Waals surface area contributed by atoms with Gasteiger partial charge in [0.1, 0.15) is 5.25 Å². The molecule has 1 heterocycles. The number of thioether (sulfide) groups is 1. The van der Waals surface area contributed by atoms with Crippen molar-refractivity contribution in [2.45, 2.75) is 10.1 Å². The smallest absolute Gasteiger partial charge is 0.242 e. The van der Waals surface area contributed by atoms with Gasteiger partial charge in [-0.2, -0.15) is 0 Å². The minimum atomic E-state index is -0.322. The van der Waals surface area contributed by atoms with Gasteiger partial charge in [0.25, 0.3) is 0 Å². The Bertz CT molecular complexity index is 911. The number of hydrogen-bond donors (Lipinski definition) is 1. The first-order valence-electron chi connectivity index (χ1n) is 9.80. The van der Waals surface area contributed by atoms with E-state index in [2.05, 4.69) is 22.3 Å². The number of hydrogen-bond acceptors (Lipinski definition) is 4. The Labute approximate surface area is 175 Å². The Morgan fingerprint density at radius 1 is 0.862 bits per heavy atom. The number of carbonyl (C=O) groups excluding carboxylic acids is 1. The summed E-state index contributed by atoms with van der Waals surface area (Å²) in [5, 5.41) is 2.77. The summed E-state index contributed by atoms with van der Waals surface area (Å²) in [6.45, 7) is 3.31. The molecule has 3 aromatic carbocycles. The maximum Gasteiger partial charge on any atom is 0.242 e. The number of carbonyl (C=O) groups is 1. The van der Waals surface area contributed by atoms with Gasteiger partial charge in [-0.05, 0) is 42.0 Å². The summed E-state index contributed by atoms with van der Waals surface area (Å²) >= 11 is 1.56. The van der Waals surface area contributed by atoms with Crippen LogP contribution in [-0.2, 0) is 9.53 Å². The van der Waals surface area contributed by atoms with E-state index in [1.807, 2.05) is 72.8 Å². The second kappa shape index (κ2) is 9.63. The van der Waals surface area contributed by atoms with Crippen LogP contribution in [0, 0.1) is 0 Å². The van der Waals surface area contributed by atoms with Crippen molar-refractivity contribution >= 4 is 29.0 Å². The Kier molecular flexibility index (Phi) is 6.49. The molecule has 0 aromatic heterocycles. The number of anilines is 2. The number of amides is 1. The van der Waals surface area contributed by atoms with Crippen molar-refractivity contribution in [3.63, 3.8) is 0 Å². The minimum Gasteiger partial charge on any atom is -0.378 e.